The highest BCUT2D eigenvalue weighted by atomic mass is 35.5. The molecule has 3 N–H and O–H groups in total. The topological polar surface area (TPSA) is 55.9 Å². The van der Waals surface area contributed by atoms with Gasteiger partial charge in [0, 0.05) is 13.1 Å². The second-order valence-electron chi connectivity index (χ2n) is 3.09. The van der Waals surface area contributed by atoms with E-state index in [2.05, 4.69) is 10.4 Å². The number of nitrogens with zero attached hydrogens (tertiary/aromatic N) is 2. The Hall–Kier alpha value is -0.900. The summed E-state index contributed by atoms with van der Waals surface area (Å²) in [6.07, 6.45) is 2.42. The zero-order valence-electron chi connectivity index (χ0n) is 6.84. The van der Waals surface area contributed by atoms with E-state index < -0.39 is 0 Å². The molecule has 1 aliphatic carbocycles. The highest BCUT2D eigenvalue weighted by Crippen LogP contribution is 2.31. The van der Waals surface area contributed by atoms with Crippen LogP contribution in [0.25, 0.3) is 0 Å². The van der Waals surface area contributed by atoms with Gasteiger partial charge >= 0.3 is 0 Å². The summed E-state index contributed by atoms with van der Waals surface area (Å²) in [5.41, 5.74) is 5.53. The fraction of sp³-hybridized carbons (Fsp3) is 0.571. The fourth-order valence-electron chi connectivity index (χ4n) is 1.10. The molecule has 1 fully saturated rings. The van der Waals surface area contributed by atoms with Crippen LogP contribution in [0.5, 0.6) is 0 Å². The molecule has 1 aromatic rings. The van der Waals surface area contributed by atoms with Crippen LogP contribution >= 0.6 is 11.6 Å². The predicted molar refractivity (Wildman–Crippen MR) is 49.3 cm³/mol. The molecule has 0 radical (unpaired) electrons. The van der Waals surface area contributed by atoms with Crippen molar-refractivity contribution in [2.45, 2.75) is 18.9 Å². The lowest BCUT2D eigenvalue weighted by atomic mass is 10.5. The molecule has 1 heterocycles. The third kappa shape index (κ3) is 1.22. The average molecular weight is 187 g/mol. The summed E-state index contributed by atoms with van der Waals surface area (Å²) in [4.78, 5) is 0. The number of rotatable bonds is 2. The molecule has 0 aliphatic heterocycles. The van der Waals surface area contributed by atoms with E-state index in [9.17, 15) is 0 Å². The van der Waals surface area contributed by atoms with Gasteiger partial charge in [0.05, 0.1) is 0 Å². The van der Waals surface area contributed by atoms with Crippen molar-refractivity contribution in [2.24, 2.45) is 7.05 Å². The van der Waals surface area contributed by atoms with Crippen molar-refractivity contribution in [3.63, 3.8) is 0 Å². The predicted octanol–water partition coefficient (Wildman–Crippen LogP) is 1.23. The van der Waals surface area contributed by atoms with Gasteiger partial charge in [-0.1, -0.05) is 11.6 Å². The first-order chi connectivity index (χ1) is 5.68. The van der Waals surface area contributed by atoms with E-state index >= 15 is 0 Å². The van der Waals surface area contributed by atoms with Crippen LogP contribution in [-0.4, -0.2) is 15.8 Å². The van der Waals surface area contributed by atoms with Crippen molar-refractivity contribution < 1.29 is 0 Å². The molecule has 1 aromatic heterocycles. The average Bonchev–Trinajstić information content (AvgIpc) is 2.77. The molecular weight excluding hydrogens is 176 g/mol. The summed E-state index contributed by atoms with van der Waals surface area (Å²) in [7, 11) is 1.83. The van der Waals surface area contributed by atoms with E-state index in [0.29, 0.717) is 16.9 Å². The number of hydrogen-bond acceptors (Lipinski definition) is 3. The highest BCUT2D eigenvalue weighted by molar-refractivity contribution is 6.35. The standard InChI is InChI=1S/C7H11ClN4/c1-12-7(10-4-2-3-4)5(8)6(9)11-12/h4,10H,2-3H2,1H3,(H2,9,11). The van der Waals surface area contributed by atoms with Gasteiger partial charge in [0.2, 0.25) is 0 Å². The van der Waals surface area contributed by atoms with Gasteiger partial charge in [-0.25, -0.2) is 4.68 Å². The first-order valence-electron chi connectivity index (χ1n) is 3.93. The van der Waals surface area contributed by atoms with Crippen molar-refractivity contribution in [1.82, 2.24) is 9.78 Å². The Morgan fingerprint density at radius 1 is 1.67 bits per heavy atom. The molecule has 5 heteroatoms. The van der Waals surface area contributed by atoms with E-state index in [1.165, 1.54) is 12.8 Å². The number of nitrogen functional groups attached to an aromatic ring is 1. The minimum atomic E-state index is 0.391. The molecule has 0 bridgehead atoms. The van der Waals surface area contributed by atoms with Gasteiger partial charge in [-0.2, -0.15) is 5.10 Å². The Balaban J connectivity index is 2.26. The molecule has 4 nitrogen and oxygen atoms in total. The maximum absolute atomic E-state index is 5.92. The summed E-state index contributed by atoms with van der Waals surface area (Å²) in [5.74, 6) is 1.22. The van der Waals surface area contributed by atoms with Crippen LogP contribution in [0.2, 0.25) is 5.02 Å². The van der Waals surface area contributed by atoms with E-state index in [0.717, 1.165) is 5.82 Å². The van der Waals surface area contributed by atoms with Crippen molar-refractivity contribution in [2.75, 3.05) is 11.1 Å². The molecule has 12 heavy (non-hydrogen) atoms. The van der Waals surface area contributed by atoms with Crippen LogP contribution in [0, 0.1) is 0 Å². The minimum absolute atomic E-state index is 0.391. The fourth-order valence-corrected chi connectivity index (χ4v) is 1.31. The second kappa shape index (κ2) is 2.55. The van der Waals surface area contributed by atoms with E-state index in [-0.39, 0.29) is 0 Å². The molecule has 0 unspecified atom stereocenters. The molecule has 0 atom stereocenters. The monoisotopic (exact) mass is 186 g/mol. The van der Waals surface area contributed by atoms with Crippen LogP contribution < -0.4 is 11.1 Å². The van der Waals surface area contributed by atoms with Gasteiger partial charge in [-0.15, -0.1) is 0 Å². The normalized spacial score (nSPS) is 16.5. The molecule has 1 saturated carbocycles. The second-order valence-corrected chi connectivity index (χ2v) is 3.47. The summed E-state index contributed by atoms with van der Waals surface area (Å²) in [6, 6.07) is 0.567. The third-order valence-corrected chi connectivity index (χ3v) is 2.30. The quantitative estimate of drug-likeness (QED) is 0.731. The van der Waals surface area contributed by atoms with E-state index in [4.69, 9.17) is 17.3 Å². The first-order valence-corrected chi connectivity index (χ1v) is 4.31. The Bertz CT molecular complexity index is 303. The summed E-state index contributed by atoms with van der Waals surface area (Å²) < 4.78 is 1.68. The van der Waals surface area contributed by atoms with Crippen LogP contribution in [-0.2, 0) is 7.05 Å². The van der Waals surface area contributed by atoms with Gasteiger partial charge in [-0.3, -0.25) is 0 Å². The molecule has 2 rings (SSSR count). The third-order valence-electron chi connectivity index (χ3n) is 1.93. The molecule has 66 valence electrons. The number of aryl methyl sites for hydroxylation is 1. The van der Waals surface area contributed by atoms with Crippen molar-refractivity contribution in [3.8, 4) is 0 Å². The maximum Gasteiger partial charge on any atom is 0.166 e. The van der Waals surface area contributed by atoms with Crippen LogP contribution in [0.15, 0.2) is 0 Å². The van der Waals surface area contributed by atoms with Crippen molar-refractivity contribution in [1.29, 1.82) is 0 Å². The van der Waals surface area contributed by atoms with Crippen molar-refractivity contribution in [3.05, 3.63) is 5.02 Å². The van der Waals surface area contributed by atoms with Crippen LogP contribution in [0.3, 0.4) is 0 Å². The minimum Gasteiger partial charge on any atom is -0.381 e. The molecule has 0 spiro atoms. The molecular formula is C7H11ClN4. The molecule has 1 aliphatic rings. The van der Waals surface area contributed by atoms with Gasteiger partial charge in [-0.05, 0) is 12.8 Å². The maximum atomic E-state index is 5.92. The van der Waals surface area contributed by atoms with Gasteiger partial charge < -0.3 is 11.1 Å². The highest BCUT2D eigenvalue weighted by Gasteiger charge is 2.24. The lowest BCUT2D eigenvalue weighted by Crippen LogP contribution is -2.06. The lowest BCUT2D eigenvalue weighted by Gasteiger charge is -2.03. The SMILES string of the molecule is Cn1nc(N)c(Cl)c1NC1CC1. The number of anilines is 2. The summed E-state index contributed by atoms with van der Waals surface area (Å²) in [6.45, 7) is 0. The smallest absolute Gasteiger partial charge is 0.166 e. The zero-order valence-corrected chi connectivity index (χ0v) is 7.60. The number of aromatic nitrogens is 2. The number of nitrogens with two attached hydrogens (primary N) is 1. The van der Waals surface area contributed by atoms with E-state index in [1.54, 1.807) is 4.68 Å². The zero-order chi connectivity index (χ0) is 8.72. The Labute approximate surface area is 75.7 Å². The largest absolute Gasteiger partial charge is 0.381 e. The molecule has 0 saturated heterocycles. The Morgan fingerprint density at radius 3 is 2.75 bits per heavy atom. The molecule has 0 amide bonds. The lowest BCUT2D eigenvalue weighted by molar-refractivity contribution is 0.772. The van der Waals surface area contributed by atoms with Gasteiger partial charge in [0.15, 0.2) is 5.82 Å². The van der Waals surface area contributed by atoms with Crippen LogP contribution in [0.1, 0.15) is 12.8 Å². The van der Waals surface area contributed by atoms with Gasteiger partial charge in [0.1, 0.15) is 10.8 Å². The number of nitrogens with one attached hydrogen (secondary N) is 1. The molecule has 0 aromatic carbocycles. The summed E-state index contributed by atoms with van der Waals surface area (Å²) in [5, 5.41) is 7.79. The van der Waals surface area contributed by atoms with Crippen LogP contribution in [0.4, 0.5) is 11.6 Å². The van der Waals surface area contributed by atoms with E-state index in [1.807, 2.05) is 7.05 Å². The number of halogens is 1. The van der Waals surface area contributed by atoms with Crippen molar-refractivity contribution >= 4 is 23.2 Å². The Kier molecular flexibility index (Phi) is 1.65. The van der Waals surface area contributed by atoms with Gasteiger partial charge in [0.25, 0.3) is 0 Å². The number of hydrogen-bond donors (Lipinski definition) is 2. The Morgan fingerprint density at radius 2 is 2.33 bits per heavy atom. The summed E-state index contributed by atoms with van der Waals surface area (Å²) >= 11 is 5.92. The first kappa shape index (κ1) is 7.73.